The Bertz CT molecular complexity index is 398. The molecular weight excluding hydrogens is 467 g/mol. The van der Waals surface area contributed by atoms with E-state index in [4.69, 9.17) is 4.74 Å². The highest BCUT2D eigenvalue weighted by Crippen LogP contribution is 2.28. The number of halogens is 1. The Hall–Kier alpha value is -0.110. The van der Waals surface area contributed by atoms with E-state index in [2.05, 4.69) is 20.8 Å². The number of rotatable bonds is 33. The van der Waals surface area contributed by atoms with Gasteiger partial charge in [-0.2, -0.15) is 0 Å². The van der Waals surface area contributed by atoms with Gasteiger partial charge < -0.3 is 4.74 Å². The van der Waals surface area contributed by atoms with Gasteiger partial charge in [0.15, 0.2) is 0 Å². The highest BCUT2D eigenvalue weighted by atomic mass is 19.1. The third-order valence-corrected chi connectivity index (χ3v) is 8.60. The highest BCUT2D eigenvalue weighted by Gasteiger charge is 2.23. The Morgan fingerprint density at radius 2 is 0.684 bits per heavy atom. The number of ether oxygens (including phenoxy) is 1. The molecular formula is C36H73FO. The number of hydrogen-bond acceptors (Lipinski definition) is 1. The monoisotopic (exact) mass is 541 g/mol. The molecule has 0 radical (unpaired) electrons. The second kappa shape index (κ2) is 31.4. The van der Waals surface area contributed by atoms with Crippen LogP contribution in [0.15, 0.2) is 0 Å². The fourth-order valence-electron chi connectivity index (χ4n) is 5.82. The molecule has 38 heavy (non-hydrogen) atoms. The second-order valence-corrected chi connectivity index (χ2v) is 12.7. The van der Waals surface area contributed by atoms with E-state index in [0.717, 1.165) is 19.4 Å². The molecule has 0 saturated carbocycles. The number of unbranched alkanes of at least 4 members (excludes halogenated alkanes) is 25. The van der Waals surface area contributed by atoms with Gasteiger partial charge >= 0.3 is 0 Å². The van der Waals surface area contributed by atoms with E-state index in [0.29, 0.717) is 0 Å². The van der Waals surface area contributed by atoms with E-state index in [1.54, 1.807) is 0 Å². The summed E-state index contributed by atoms with van der Waals surface area (Å²) < 4.78 is 18.8. The molecule has 230 valence electrons. The van der Waals surface area contributed by atoms with Crippen LogP contribution < -0.4 is 0 Å². The summed E-state index contributed by atoms with van der Waals surface area (Å²) in [6.45, 7) is 7.76. The predicted octanol–water partition coefficient (Wildman–Crippen LogP) is 13.5. The van der Waals surface area contributed by atoms with E-state index in [1.807, 2.05) is 0 Å². The highest BCUT2D eigenvalue weighted by molar-refractivity contribution is 4.76. The molecule has 0 spiro atoms. The molecule has 0 heterocycles. The molecule has 0 fully saturated rings. The first kappa shape index (κ1) is 37.9. The average Bonchev–Trinajstić information content (AvgIpc) is 2.92. The Balaban J connectivity index is 4.03. The van der Waals surface area contributed by atoms with Crippen LogP contribution in [0.5, 0.6) is 0 Å². The van der Waals surface area contributed by atoms with Crippen molar-refractivity contribution in [2.45, 2.75) is 219 Å². The summed E-state index contributed by atoms with van der Waals surface area (Å²) in [7, 11) is 0. The molecule has 0 aliphatic heterocycles. The summed E-state index contributed by atoms with van der Waals surface area (Å²) in [5.74, 6) is 0. The normalized spacial score (nSPS) is 12.0. The van der Waals surface area contributed by atoms with Crippen LogP contribution in [0, 0.1) is 0 Å². The van der Waals surface area contributed by atoms with Crippen molar-refractivity contribution < 1.29 is 9.13 Å². The lowest BCUT2D eigenvalue weighted by Gasteiger charge is -2.30. The van der Waals surface area contributed by atoms with Crippen molar-refractivity contribution in [3.8, 4) is 0 Å². The Labute approximate surface area is 241 Å². The molecule has 0 bridgehead atoms. The zero-order valence-electron chi connectivity index (χ0n) is 26.9. The largest absolute Gasteiger partial charge is 0.375 e. The fourth-order valence-corrected chi connectivity index (χ4v) is 5.82. The second-order valence-electron chi connectivity index (χ2n) is 12.7. The van der Waals surface area contributed by atoms with Crippen LogP contribution in [0.25, 0.3) is 0 Å². The predicted molar refractivity (Wildman–Crippen MR) is 170 cm³/mol. The zero-order valence-corrected chi connectivity index (χ0v) is 26.9. The lowest BCUT2D eigenvalue weighted by Crippen LogP contribution is -2.29. The van der Waals surface area contributed by atoms with E-state index in [1.165, 1.54) is 180 Å². The summed E-state index contributed by atoms with van der Waals surface area (Å²) in [6, 6.07) is 0. The molecule has 1 nitrogen and oxygen atoms in total. The van der Waals surface area contributed by atoms with E-state index in [-0.39, 0.29) is 12.3 Å². The van der Waals surface area contributed by atoms with E-state index >= 15 is 0 Å². The van der Waals surface area contributed by atoms with Gasteiger partial charge in [-0.05, 0) is 32.6 Å². The van der Waals surface area contributed by atoms with E-state index < -0.39 is 0 Å². The van der Waals surface area contributed by atoms with Crippen molar-refractivity contribution in [1.29, 1.82) is 0 Å². The van der Waals surface area contributed by atoms with Crippen LogP contribution in [-0.4, -0.2) is 18.9 Å². The van der Waals surface area contributed by atoms with Crippen molar-refractivity contribution in [3.63, 3.8) is 0 Å². The lowest BCUT2D eigenvalue weighted by molar-refractivity contribution is -0.0482. The molecule has 0 atom stereocenters. The molecule has 0 amide bonds. The van der Waals surface area contributed by atoms with E-state index in [9.17, 15) is 4.39 Å². The zero-order chi connectivity index (χ0) is 27.8. The molecule has 0 rings (SSSR count). The minimum absolute atomic E-state index is 0.0762. The Morgan fingerprint density at radius 1 is 0.395 bits per heavy atom. The van der Waals surface area contributed by atoms with Gasteiger partial charge in [0.1, 0.15) is 0 Å². The molecule has 0 N–H and O–H groups in total. The van der Waals surface area contributed by atoms with Crippen LogP contribution in [0.2, 0.25) is 0 Å². The first-order valence-electron chi connectivity index (χ1n) is 17.9. The van der Waals surface area contributed by atoms with Crippen LogP contribution in [0.4, 0.5) is 4.39 Å². The van der Waals surface area contributed by atoms with Gasteiger partial charge in [0.25, 0.3) is 0 Å². The molecule has 0 aromatic heterocycles. The molecule has 0 aromatic rings. The molecule has 0 aliphatic carbocycles. The van der Waals surface area contributed by atoms with Crippen molar-refractivity contribution >= 4 is 0 Å². The van der Waals surface area contributed by atoms with Crippen LogP contribution >= 0.6 is 0 Å². The number of alkyl halides is 1. The first-order chi connectivity index (χ1) is 18.7. The van der Waals surface area contributed by atoms with Crippen LogP contribution in [-0.2, 0) is 4.74 Å². The molecule has 0 saturated heterocycles. The van der Waals surface area contributed by atoms with Gasteiger partial charge in [-0.1, -0.05) is 181 Å². The topological polar surface area (TPSA) is 9.23 Å². The minimum Gasteiger partial charge on any atom is -0.375 e. The summed E-state index contributed by atoms with van der Waals surface area (Å²) >= 11 is 0. The van der Waals surface area contributed by atoms with Crippen molar-refractivity contribution in [2.24, 2.45) is 0 Å². The minimum atomic E-state index is -0.153. The van der Waals surface area contributed by atoms with Crippen molar-refractivity contribution in [3.05, 3.63) is 0 Å². The molecule has 0 aromatic carbocycles. The third-order valence-electron chi connectivity index (χ3n) is 8.60. The van der Waals surface area contributed by atoms with Gasteiger partial charge in [0.2, 0.25) is 0 Å². The summed E-state index contributed by atoms with van der Waals surface area (Å²) in [5.41, 5.74) is 0.0762. The van der Waals surface area contributed by atoms with Crippen LogP contribution in [0.1, 0.15) is 213 Å². The Kier molecular flexibility index (Phi) is 31.3. The van der Waals surface area contributed by atoms with Crippen molar-refractivity contribution in [1.82, 2.24) is 0 Å². The molecule has 0 aliphatic rings. The first-order valence-corrected chi connectivity index (χ1v) is 17.9. The van der Waals surface area contributed by atoms with Gasteiger partial charge in [0, 0.05) is 6.61 Å². The third kappa shape index (κ3) is 28.9. The smallest absolute Gasteiger partial charge is 0.0894 e. The standard InChI is InChI=1S/C36H73FO/c1-4-6-8-10-12-14-16-18-20-24-28-32-36(3,38-35-31-27-23-22-26-30-34-37)33-29-25-21-19-17-15-13-11-9-7-5-2/h4-35H2,1-3H3. The van der Waals surface area contributed by atoms with Gasteiger partial charge in [-0.25, -0.2) is 0 Å². The lowest BCUT2D eigenvalue weighted by atomic mass is 9.91. The van der Waals surface area contributed by atoms with Gasteiger partial charge in [-0.15, -0.1) is 0 Å². The maximum atomic E-state index is 12.2. The average molecular weight is 541 g/mol. The Morgan fingerprint density at radius 3 is 1.03 bits per heavy atom. The fraction of sp³-hybridized carbons (Fsp3) is 1.00. The molecule has 2 heteroatoms. The van der Waals surface area contributed by atoms with Gasteiger partial charge in [0.05, 0.1) is 12.3 Å². The molecule has 0 unspecified atom stereocenters. The van der Waals surface area contributed by atoms with Gasteiger partial charge in [-0.3, -0.25) is 4.39 Å². The van der Waals surface area contributed by atoms with Crippen molar-refractivity contribution in [2.75, 3.05) is 13.3 Å². The summed E-state index contributed by atoms with van der Waals surface area (Å²) in [5, 5.41) is 0. The quantitative estimate of drug-likeness (QED) is 0.0752. The summed E-state index contributed by atoms with van der Waals surface area (Å²) in [6.07, 6.45) is 40.1. The SMILES string of the molecule is CCCCCCCCCCCCCC(C)(CCCCCCCCCCCCC)OCCCCCCCCF. The van der Waals surface area contributed by atoms with Crippen LogP contribution in [0.3, 0.4) is 0 Å². The maximum Gasteiger partial charge on any atom is 0.0894 e. The summed E-state index contributed by atoms with van der Waals surface area (Å²) in [4.78, 5) is 0. The number of hydrogen-bond donors (Lipinski definition) is 0. The maximum absolute atomic E-state index is 12.2.